The molecule has 0 atom stereocenters. The van der Waals surface area contributed by atoms with Crippen LogP contribution < -0.4 is 10.6 Å². The Morgan fingerprint density at radius 1 is 0.929 bits per heavy atom. The first-order valence-electron chi connectivity index (χ1n) is 4.07. The van der Waals surface area contributed by atoms with Gasteiger partial charge in [-0.3, -0.25) is 9.98 Å². The first-order valence-corrected chi connectivity index (χ1v) is 6.22. The Morgan fingerprint density at radius 2 is 1.36 bits per heavy atom. The molecule has 0 aromatic carbocycles. The largest absolute Gasteiger partial charge is 0.337 e. The van der Waals surface area contributed by atoms with E-state index in [1.54, 1.807) is 21.6 Å². The van der Waals surface area contributed by atoms with Crippen molar-refractivity contribution in [3.8, 4) is 0 Å². The van der Waals surface area contributed by atoms with Gasteiger partial charge in [0, 0.05) is 11.4 Å². The van der Waals surface area contributed by atoms with Crippen LogP contribution in [-0.2, 0) is 0 Å². The number of nitrogens with one attached hydrogen (secondary N) is 2. The molecule has 2 rings (SSSR count). The van der Waals surface area contributed by atoms with E-state index in [2.05, 4.69) is 33.8 Å². The van der Waals surface area contributed by atoms with Crippen molar-refractivity contribution in [1.29, 1.82) is 0 Å². The molecule has 0 aliphatic carbocycles. The zero-order valence-corrected chi connectivity index (χ0v) is 9.17. The quantitative estimate of drug-likeness (QED) is 0.612. The molecule has 14 heavy (non-hydrogen) atoms. The molecule has 2 aliphatic heterocycles. The van der Waals surface area contributed by atoms with Crippen LogP contribution in [0.15, 0.2) is 34.5 Å². The fourth-order valence-electron chi connectivity index (χ4n) is 0.968. The van der Waals surface area contributed by atoms with Crippen molar-refractivity contribution in [3.05, 3.63) is 24.6 Å². The van der Waals surface area contributed by atoms with Crippen LogP contribution >= 0.6 is 21.6 Å². The molecule has 0 fully saturated rings. The zero-order chi connectivity index (χ0) is 9.97. The highest BCUT2D eigenvalue weighted by Crippen LogP contribution is 2.26. The van der Waals surface area contributed by atoms with Gasteiger partial charge in [0.2, 0.25) is 0 Å². The van der Waals surface area contributed by atoms with Gasteiger partial charge >= 0.3 is 0 Å². The van der Waals surface area contributed by atoms with Crippen molar-refractivity contribution in [1.82, 2.24) is 10.6 Å². The summed E-state index contributed by atoms with van der Waals surface area (Å²) >= 11 is 0. The van der Waals surface area contributed by atoms with Gasteiger partial charge in [0.15, 0.2) is 10.3 Å². The highest BCUT2D eigenvalue weighted by molar-refractivity contribution is 8.87. The second-order valence-corrected chi connectivity index (χ2v) is 4.97. The average molecular weight is 226 g/mol. The van der Waals surface area contributed by atoms with Gasteiger partial charge in [0.05, 0.1) is 13.1 Å². The Bertz CT molecular complexity index is 311. The number of amidine groups is 2. The average Bonchev–Trinajstić information content (AvgIpc) is 2.72. The zero-order valence-electron chi connectivity index (χ0n) is 7.54. The van der Waals surface area contributed by atoms with Gasteiger partial charge in [-0.1, -0.05) is 13.2 Å². The van der Waals surface area contributed by atoms with Gasteiger partial charge in [-0.25, -0.2) is 0 Å². The molecule has 74 valence electrons. The summed E-state index contributed by atoms with van der Waals surface area (Å²) in [5.41, 5.74) is 1.89. The van der Waals surface area contributed by atoms with Crippen LogP contribution in [0.2, 0.25) is 0 Å². The maximum Gasteiger partial charge on any atom is 0.172 e. The first-order chi connectivity index (χ1) is 6.74. The highest BCUT2D eigenvalue weighted by Gasteiger charge is 2.14. The normalized spacial score (nSPS) is 20.3. The third-order valence-corrected chi connectivity index (χ3v) is 3.65. The Labute approximate surface area is 90.4 Å². The predicted octanol–water partition coefficient (Wildman–Crippen LogP) is 1.31. The van der Waals surface area contributed by atoms with E-state index in [1.807, 2.05) is 0 Å². The number of rotatable bonds is 0. The van der Waals surface area contributed by atoms with E-state index in [9.17, 15) is 0 Å². The summed E-state index contributed by atoms with van der Waals surface area (Å²) in [4.78, 5) is 8.48. The Hall–Kier alpha value is -0.880. The highest BCUT2D eigenvalue weighted by atomic mass is 33.1. The van der Waals surface area contributed by atoms with Crippen LogP contribution in [0.5, 0.6) is 0 Å². The number of nitrogens with zero attached hydrogens (tertiary/aromatic N) is 2. The molecule has 0 aromatic rings. The van der Waals surface area contributed by atoms with E-state index in [0.29, 0.717) is 13.1 Å². The Balaban J connectivity index is 1.78. The number of hydrogen-bond donors (Lipinski definition) is 2. The maximum absolute atomic E-state index is 4.24. The fraction of sp³-hybridized carbons (Fsp3) is 0.250. The lowest BCUT2D eigenvalue weighted by Gasteiger charge is -2.01. The molecule has 0 unspecified atom stereocenters. The van der Waals surface area contributed by atoms with Crippen molar-refractivity contribution in [2.45, 2.75) is 0 Å². The van der Waals surface area contributed by atoms with E-state index in [4.69, 9.17) is 0 Å². The molecule has 2 N–H and O–H groups in total. The van der Waals surface area contributed by atoms with Crippen LogP contribution in [0.25, 0.3) is 0 Å². The third kappa shape index (κ3) is 2.33. The van der Waals surface area contributed by atoms with Crippen molar-refractivity contribution in [3.63, 3.8) is 0 Å². The fourth-order valence-corrected chi connectivity index (χ4v) is 2.77. The Kier molecular flexibility index (Phi) is 2.83. The molecule has 6 heteroatoms. The smallest absolute Gasteiger partial charge is 0.172 e. The second-order valence-electron chi connectivity index (χ2n) is 2.87. The molecule has 0 saturated carbocycles. The number of aliphatic imine (C=N–C) groups is 2. The van der Waals surface area contributed by atoms with Crippen LogP contribution in [0.4, 0.5) is 0 Å². The molecular formula is C8H10N4S2. The van der Waals surface area contributed by atoms with Crippen LogP contribution in [-0.4, -0.2) is 23.4 Å². The second kappa shape index (κ2) is 4.10. The minimum absolute atomic E-state index is 0.676. The van der Waals surface area contributed by atoms with E-state index in [1.165, 1.54) is 0 Å². The van der Waals surface area contributed by atoms with Crippen molar-refractivity contribution < 1.29 is 0 Å². The molecule has 2 aliphatic rings. The summed E-state index contributed by atoms with van der Waals surface area (Å²) in [5, 5.41) is 7.94. The molecule has 0 radical (unpaired) electrons. The molecule has 0 saturated heterocycles. The monoisotopic (exact) mass is 226 g/mol. The van der Waals surface area contributed by atoms with Crippen molar-refractivity contribution in [2.24, 2.45) is 9.98 Å². The molecule has 4 nitrogen and oxygen atoms in total. The van der Waals surface area contributed by atoms with Crippen molar-refractivity contribution in [2.75, 3.05) is 13.1 Å². The van der Waals surface area contributed by atoms with E-state index < -0.39 is 0 Å². The lowest BCUT2D eigenvalue weighted by molar-refractivity contribution is 1.13. The maximum atomic E-state index is 4.24. The summed E-state index contributed by atoms with van der Waals surface area (Å²) in [7, 11) is 3.09. The van der Waals surface area contributed by atoms with E-state index >= 15 is 0 Å². The summed E-state index contributed by atoms with van der Waals surface area (Å²) in [6, 6.07) is 0. The van der Waals surface area contributed by atoms with Gasteiger partial charge in [0.25, 0.3) is 0 Å². The van der Waals surface area contributed by atoms with Crippen LogP contribution in [0.1, 0.15) is 0 Å². The minimum Gasteiger partial charge on any atom is -0.337 e. The molecule has 0 bridgehead atoms. The molecule has 0 aromatic heterocycles. The van der Waals surface area contributed by atoms with E-state index in [0.717, 1.165) is 21.7 Å². The summed E-state index contributed by atoms with van der Waals surface area (Å²) < 4.78 is 0. The van der Waals surface area contributed by atoms with Gasteiger partial charge in [-0.2, -0.15) is 0 Å². The third-order valence-electron chi connectivity index (χ3n) is 1.59. The predicted molar refractivity (Wildman–Crippen MR) is 64.3 cm³/mol. The van der Waals surface area contributed by atoms with Crippen LogP contribution in [0, 0.1) is 0 Å². The van der Waals surface area contributed by atoms with Gasteiger partial charge in [-0.05, 0) is 21.6 Å². The van der Waals surface area contributed by atoms with Gasteiger partial charge < -0.3 is 10.6 Å². The lowest BCUT2D eigenvalue weighted by Crippen LogP contribution is -2.14. The summed E-state index contributed by atoms with van der Waals surface area (Å²) in [5.74, 6) is 0. The minimum atomic E-state index is 0.676. The first kappa shape index (κ1) is 9.67. The van der Waals surface area contributed by atoms with Crippen molar-refractivity contribution >= 4 is 31.9 Å². The standard InChI is InChI=1S/C8H10N4S2/c1-5-3-9-7(11-5)13-14-8-10-4-6(2)12-8/h1-4H2,(H,9,11)(H,10,12). The van der Waals surface area contributed by atoms with Crippen LogP contribution in [0.3, 0.4) is 0 Å². The van der Waals surface area contributed by atoms with Gasteiger partial charge in [0.1, 0.15) is 0 Å². The van der Waals surface area contributed by atoms with E-state index in [-0.39, 0.29) is 0 Å². The molecule has 2 heterocycles. The lowest BCUT2D eigenvalue weighted by atomic mass is 10.5. The summed E-state index contributed by atoms with van der Waals surface area (Å²) in [6.07, 6.45) is 0. The molecule has 0 amide bonds. The number of hydrogen-bond acceptors (Lipinski definition) is 6. The molecular weight excluding hydrogens is 216 g/mol. The molecule has 0 spiro atoms. The Morgan fingerprint density at radius 3 is 1.64 bits per heavy atom. The SMILES string of the molecule is C=C1CN=C(SSC2=NCC(=C)N2)N1. The summed E-state index contributed by atoms with van der Waals surface area (Å²) in [6.45, 7) is 8.93. The topological polar surface area (TPSA) is 48.8 Å². The van der Waals surface area contributed by atoms with Gasteiger partial charge in [-0.15, -0.1) is 0 Å².